The average molecular weight is 726 g/mol. The second-order valence-electron chi connectivity index (χ2n) is 14.0. The number of aliphatic hydroxyl groups is 1. The molecule has 2 fully saturated rings. The first kappa shape index (κ1) is 37.9. The predicted octanol–water partition coefficient (Wildman–Crippen LogP) is 6.14. The number of amides is 2. The van der Waals surface area contributed by atoms with E-state index in [0.29, 0.717) is 22.7 Å². The lowest BCUT2D eigenvalue weighted by atomic mass is 9.78. The third-order valence-electron chi connectivity index (χ3n) is 10.1. The Kier molecular flexibility index (Phi) is 11.0. The fourth-order valence-electron chi connectivity index (χ4n) is 7.11. The van der Waals surface area contributed by atoms with Crippen LogP contribution in [0.4, 0.5) is 21.9 Å². The standard InChI is InChI=1S/C37H44ClN3O10/c1-20-9-8-10-29(48-7)37(45)18-28(49-32(43)19-37)23(4)34-36(5,51-34)30(50-35(44)39-25-11-12-26(41(46)47)21(2)15-25)17-31(42)40(6)27-16-24(13-20)14-22(3)33(27)38/h8-12,14-16,23,28-30,34,45H,13,17-19H2,1-7H3,(H,39,44)/b10-8+,20-9+/t23-,28+,29-,30+,34+,36+,37-/m1/s1. The van der Waals surface area contributed by atoms with E-state index < -0.39 is 64.4 Å². The highest BCUT2D eigenvalue weighted by molar-refractivity contribution is 6.34. The number of nitrogens with zero attached hydrogens (tertiary/aromatic N) is 2. The van der Waals surface area contributed by atoms with Crippen molar-refractivity contribution in [2.75, 3.05) is 24.4 Å². The van der Waals surface area contributed by atoms with Crippen LogP contribution in [0.1, 0.15) is 56.7 Å². The minimum atomic E-state index is -1.57. The maximum absolute atomic E-state index is 14.0. The van der Waals surface area contributed by atoms with Crippen molar-refractivity contribution in [2.24, 2.45) is 5.92 Å². The van der Waals surface area contributed by atoms with Gasteiger partial charge >= 0.3 is 12.1 Å². The van der Waals surface area contributed by atoms with Crippen molar-refractivity contribution < 1.29 is 43.4 Å². The number of nitro groups is 1. The van der Waals surface area contributed by atoms with Gasteiger partial charge in [-0.25, -0.2) is 4.79 Å². The van der Waals surface area contributed by atoms with Crippen molar-refractivity contribution in [1.29, 1.82) is 0 Å². The summed E-state index contributed by atoms with van der Waals surface area (Å²) in [5.41, 5.74) is 0.852. The average Bonchev–Trinajstić information content (AvgIpc) is 3.74. The third-order valence-corrected chi connectivity index (χ3v) is 10.6. The van der Waals surface area contributed by atoms with Gasteiger partial charge in [0.15, 0.2) is 0 Å². The molecule has 4 bridgehead atoms. The number of nitrogens with one attached hydrogen (secondary N) is 1. The Morgan fingerprint density at radius 3 is 2.57 bits per heavy atom. The van der Waals surface area contributed by atoms with Gasteiger partial charge in [-0.2, -0.15) is 0 Å². The summed E-state index contributed by atoms with van der Waals surface area (Å²) in [6.07, 6.45) is 1.13. The largest absolute Gasteiger partial charge is 0.462 e. The Bertz CT molecular complexity index is 1800. The molecule has 0 spiro atoms. The van der Waals surface area contributed by atoms with Gasteiger partial charge < -0.3 is 29.0 Å². The molecule has 51 heavy (non-hydrogen) atoms. The molecule has 0 aliphatic carbocycles. The van der Waals surface area contributed by atoms with Gasteiger partial charge in [-0.1, -0.05) is 48.4 Å². The first-order valence-electron chi connectivity index (χ1n) is 16.7. The maximum atomic E-state index is 14.0. The summed E-state index contributed by atoms with van der Waals surface area (Å²) in [6, 6.07) is 7.89. The number of carbonyl (C=O) groups is 3. The number of aryl methyl sites for hydroxylation is 2. The second kappa shape index (κ2) is 14.7. The minimum absolute atomic E-state index is 0.0537. The van der Waals surface area contributed by atoms with Crippen LogP contribution in [0.15, 0.2) is 54.1 Å². The Morgan fingerprint density at radius 1 is 1.18 bits per heavy atom. The molecule has 3 heterocycles. The number of ether oxygens (including phenoxy) is 4. The summed E-state index contributed by atoms with van der Waals surface area (Å²) >= 11 is 6.74. The molecular weight excluding hydrogens is 682 g/mol. The molecule has 0 unspecified atom stereocenters. The van der Waals surface area contributed by atoms with Gasteiger partial charge in [0.1, 0.15) is 29.5 Å². The number of methoxy groups -OCH3 is 1. The Labute approximate surface area is 301 Å². The zero-order valence-electron chi connectivity index (χ0n) is 29.7. The number of hydrogen-bond acceptors (Lipinski definition) is 10. The lowest BCUT2D eigenvalue weighted by Gasteiger charge is -2.41. The molecular formula is C37H44ClN3O10. The predicted molar refractivity (Wildman–Crippen MR) is 190 cm³/mol. The lowest BCUT2D eigenvalue weighted by molar-refractivity contribution is -0.385. The van der Waals surface area contributed by atoms with E-state index in [1.165, 1.54) is 30.2 Å². The number of halogens is 1. The summed E-state index contributed by atoms with van der Waals surface area (Å²) < 4.78 is 23.5. The van der Waals surface area contributed by atoms with E-state index in [-0.39, 0.29) is 30.6 Å². The number of hydrogen-bond donors (Lipinski definition) is 2. The van der Waals surface area contributed by atoms with Gasteiger partial charge in [0, 0.05) is 43.8 Å². The maximum Gasteiger partial charge on any atom is 0.412 e. The van der Waals surface area contributed by atoms with Crippen molar-refractivity contribution in [2.45, 2.75) is 95.9 Å². The molecule has 2 aromatic rings. The van der Waals surface area contributed by atoms with Gasteiger partial charge in [0.25, 0.3) is 5.69 Å². The summed E-state index contributed by atoms with van der Waals surface area (Å²) in [5.74, 6) is -1.50. The molecule has 5 rings (SSSR count). The van der Waals surface area contributed by atoms with E-state index in [4.69, 9.17) is 30.5 Å². The summed E-state index contributed by atoms with van der Waals surface area (Å²) in [6.45, 7) is 8.88. The quantitative estimate of drug-likeness (QED) is 0.162. The molecule has 2 saturated heterocycles. The molecule has 0 aromatic heterocycles. The molecule has 3 aliphatic heterocycles. The van der Waals surface area contributed by atoms with Crippen LogP contribution in [-0.4, -0.2) is 77.8 Å². The smallest absolute Gasteiger partial charge is 0.412 e. The van der Waals surface area contributed by atoms with Crippen molar-refractivity contribution >= 4 is 46.6 Å². The zero-order valence-corrected chi connectivity index (χ0v) is 30.5. The Balaban J connectivity index is 1.51. The number of rotatable bonds is 4. The van der Waals surface area contributed by atoms with E-state index in [9.17, 15) is 29.6 Å². The molecule has 0 radical (unpaired) electrons. The van der Waals surface area contributed by atoms with E-state index >= 15 is 0 Å². The number of esters is 1. The van der Waals surface area contributed by atoms with Crippen LogP contribution in [0.25, 0.3) is 0 Å². The van der Waals surface area contributed by atoms with Crippen molar-refractivity contribution in [3.05, 3.63) is 86.0 Å². The number of benzene rings is 2. The fraction of sp³-hybridized carbons (Fsp3) is 0.486. The first-order chi connectivity index (χ1) is 23.9. The normalized spacial score (nSPS) is 31.4. The summed E-state index contributed by atoms with van der Waals surface area (Å²) in [7, 11) is 3.07. The monoisotopic (exact) mass is 725 g/mol. The lowest BCUT2D eigenvalue weighted by Crippen LogP contribution is -2.53. The van der Waals surface area contributed by atoms with E-state index in [2.05, 4.69) is 5.32 Å². The van der Waals surface area contributed by atoms with Gasteiger partial charge in [-0.3, -0.25) is 25.0 Å². The topological polar surface area (TPSA) is 170 Å². The van der Waals surface area contributed by atoms with Crippen LogP contribution in [0.3, 0.4) is 0 Å². The highest BCUT2D eigenvalue weighted by Crippen LogP contribution is 2.49. The van der Waals surface area contributed by atoms with Crippen LogP contribution >= 0.6 is 11.6 Å². The minimum Gasteiger partial charge on any atom is -0.462 e. The van der Waals surface area contributed by atoms with Crippen molar-refractivity contribution in [1.82, 2.24) is 0 Å². The Hall–Kier alpha value is -4.30. The van der Waals surface area contributed by atoms with Gasteiger partial charge in [0.2, 0.25) is 5.91 Å². The van der Waals surface area contributed by atoms with Crippen LogP contribution < -0.4 is 10.2 Å². The number of nitro benzene ring substituents is 1. The highest BCUT2D eigenvalue weighted by atomic mass is 35.5. The molecule has 2 aromatic carbocycles. The summed E-state index contributed by atoms with van der Waals surface area (Å²) in [5, 5.41) is 26.1. The molecule has 13 nitrogen and oxygen atoms in total. The van der Waals surface area contributed by atoms with Gasteiger partial charge in [0.05, 0.1) is 34.6 Å². The third kappa shape index (κ3) is 8.12. The molecule has 3 aliphatic rings. The first-order valence-corrected chi connectivity index (χ1v) is 17.1. The van der Waals surface area contributed by atoms with E-state index in [1.807, 2.05) is 39.0 Å². The second-order valence-corrected chi connectivity index (χ2v) is 14.4. The fourth-order valence-corrected chi connectivity index (χ4v) is 7.35. The molecule has 274 valence electrons. The number of epoxide rings is 1. The molecule has 0 saturated carbocycles. The van der Waals surface area contributed by atoms with E-state index in [0.717, 1.165) is 16.7 Å². The Morgan fingerprint density at radius 2 is 1.90 bits per heavy atom. The van der Waals surface area contributed by atoms with Gasteiger partial charge in [-0.15, -0.1) is 0 Å². The van der Waals surface area contributed by atoms with Crippen molar-refractivity contribution in [3.8, 4) is 0 Å². The molecule has 14 heteroatoms. The SMILES string of the molecule is CO[C@@H]1/C=C/C=C(\C)Cc2cc(C)c(Cl)c(c2)N(C)C(=O)C[C@H](OC(=O)Nc2ccc([N+](=O)[O-])c(C)c2)[C@]2(C)O[C@H]2[C@H](C)[C@@H]2C[C@@]1(O)CC(=O)O2. The summed E-state index contributed by atoms with van der Waals surface area (Å²) in [4.78, 5) is 52.4. The van der Waals surface area contributed by atoms with Crippen molar-refractivity contribution in [3.63, 3.8) is 0 Å². The van der Waals surface area contributed by atoms with Crippen LogP contribution in [-0.2, 0) is 35.0 Å². The van der Waals surface area contributed by atoms with Gasteiger partial charge in [-0.05, 0) is 63.4 Å². The zero-order chi connectivity index (χ0) is 37.4. The van der Waals surface area contributed by atoms with E-state index in [1.54, 1.807) is 33.0 Å². The van der Waals surface area contributed by atoms with Crippen LogP contribution in [0.2, 0.25) is 5.02 Å². The number of carbonyl (C=O) groups excluding carboxylic acids is 3. The number of anilines is 2. The number of fused-ring (bicyclic) bond motifs is 5. The highest BCUT2D eigenvalue weighted by Gasteiger charge is 2.64. The molecule has 7 atom stereocenters. The molecule has 2 N–H and O–H groups in total. The molecule has 2 amide bonds. The van der Waals surface area contributed by atoms with Crippen LogP contribution in [0, 0.1) is 29.9 Å². The number of allylic oxidation sites excluding steroid dienone is 3. The van der Waals surface area contributed by atoms with Crippen LogP contribution in [0.5, 0.6) is 0 Å².